The first-order valence-electron chi connectivity index (χ1n) is 9.43. The van der Waals surface area contributed by atoms with Crippen LogP contribution in [0.2, 0.25) is 0 Å². The smallest absolute Gasteiger partial charge is 0.339 e. The third kappa shape index (κ3) is 5.22. The normalized spacial score (nSPS) is 11.0. The number of rotatable bonds is 7. The fourth-order valence-corrected chi connectivity index (χ4v) is 4.52. The molecule has 0 aliphatic carbocycles. The molecule has 1 amide bonds. The number of anilines is 1. The van der Waals surface area contributed by atoms with E-state index in [-0.39, 0.29) is 21.9 Å². The van der Waals surface area contributed by atoms with Gasteiger partial charge in [0.15, 0.2) is 5.13 Å². The van der Waals surface area contributed by atoms with Crippen molar-refractivity contribution in [3.63, 3.8) is 0 Å². The zero-order valence-corrected chi connectivity index (χ0v) is 18.4. The highest BCUT2D eigenvalue weighted by Gasteiger charge is 2.20. The number of carbonyl (C=O) groups is 1. The highest BCUT2D eigenvalue weighted by Crippen LogP contribution is 2.26. The Kier molecular flexibility index (Phi) is 6.16. The maximum Gasteiger partial charge on any atom is 0.339 e. The van der Waals surface area contributed by atoms with E-state index in [0.29, 0.717) is 5.13 Å². The fourth-order valence-electron chi connectivity index (χ4n) is 2.83. The van der Waals surface area contributed by atoms with Gasteiger partial charge in [-0.25, -0.2) is 4.98 Å². The number of hydrogen-bond donors (Lipinski definition) is 1. The topological polar surface area (TPSA) is 128 Å². The van der Waals surface area contributed by atoms with Crippen molar-refractivity contribution in [2.24, 2.45) is 0 Å². The number of nitro benzene ring substituents is 1. The van der Waals surface area contributed by atoms with Gasteiger partial charge in [0.2, 0.25) is 0 Å². The number of benzene rings is 3. The number of hydrogen-bond acceptors (Lipinski definition) is 8. The van der Waals surface area contributed by atoms with Crippen molar-refractivity contribution in [2.75, 3.05) is 5.32 Å². The summed E-state index contributed by atoms with van der Waals surface area (Å²) in [5.74, 6) is -0.462. The third-order valence-electron chi connectivity index (χ3n) is 4.43. The summed E-state index contributed by atoms with van der Waals surface area (Å²) in [7, 11) is -4.29. The first-order chi connectivity index (χ1) is 15.8. The monoisotopic (exact) mass is 481 g/mol. The molecule has 0 aliphatic rings. The molecule has 0 aliphatic heterocycles. The molecule has 1 heterocycles. The van der Waals surface area contributed by atoms with Crippen molar-refractivity contribution >= 4 is 38.2 Å². The molecule has 0 fully saturated rings. The summed E-state index contributed by atoms with van der Waals surface area (Å²) < 4.78 is 29.9. The van der Waals surface area contributed by atoms with E-state index in [1.807, 2.05) is 35.7 Å². The van der Waals surface area contributed by atoms with Gasteiger partial charge in [0, 0.05) is 28.6 Å². The van der Waals surface area contributed by atoms with Crippen LogP contribution < -0.4 is 9.50 Å². The van der Waals surface area contributed by atoms with Crippen LogP contribution in [0.25, 0.3) is 11.3 Å². The minimum Gasteiger partial charge on any atom is -0.379 e. The number of nitrogens with zero attached hydrogens (tertiary/aromatic N) is 2. The highest BCUT2D eigenvalue weighted by molar-refractivity contribution is 7.87. The quantitative estimate of drug-likeness (QED) is 0.229. The van der Waals surface area contributed by atoms with Crippen molar-refractivity contribution < 1.29 is 22.3 Å². The van der Waals surface area contributed by atoms with Crippen LogP contribution in [0.5, 0.6) is 5.75 Å². The van der Waals surface area contributed by atoms with Gasteiger partial charge in [0.1, 0.15) is 10.6 Å². The number of nitro groups is 1. The molecule has 0 saturated carbocycles. The average molecular weight is 482 g/mol. The van der Waals surface area contributed by atoms with Gasteiger partial charge in [-0.1, -0.05) is 36.4 Å². The van der Waals surface area contributed by atoms with E-state index in [4.69, 9.17) is 4.18 Å². The van der Waals surface area contributed by atoms with Gasteiger partial charge in [0.05, 0.1) is 10.6 Å². The highest BCUT2D eigenvalue weighted by atomic mass is 32.2. The first kappa shape index (κ1) is 22.1. The summed E-state index contributed by atoms with van der Waals surface area (Å²) in [5, 5.41) is 15.8. The lowest BCUT2D eigenvalue weighted by Crippen LogP contribution is -2.12. The van der Waals surface area contributed by atoms with Crippen LogP contribution in [0.4, 0.5) is 10.8 Å². The van der Waals surface area contributed by atoms with Crippen LogP contribution in [0.3, 0.4) is 0 Å². The lowest BCUT2D eigenvalue weighted by molar-refractivity contribution is -0.385. The predicted octanol–water partition coefficient (Wildman–Crippen LogP) is 4.74. The molecule has 33 heavy (non-hydrogen) atoms. The van der Waals surface area contributed by atoms with Crippen molar-refractivity contribution in [3.05, 3.63) is 99.9 Å². The van der Waals surface area contributed by atoms with E-state index in [1.54, 1.807) is 0 Å². The maximum absolute atomic E-state index is 12.5. The van der Waals surface area contributed by atoms with Gasteiger partial charge in [-0.3, -0.25) is 20.2 Å². The molecule has 0 saturated heterocycles. The van der Waals surface area contributed by atoms with E-state index >= 15 is 0 Å². The Labute approximate surface area is 192 Å². The molecule has 1 N–H and O–H groups in total. The van der Waals surface area contributed by atoms with E-state index in [9.17, 15) is 23.3 Å². The van der Waals surface area contributed by atoms with Crippen LogP contribution in [0.15, 0.2) is 89.1 Å². The number of thiazole rings is 1. The lowest BCUT2D eigenvalue weighted by atomic mass is 10.2. The zero-order valence-electron chi connectivity index (χ0n) is 16.7. The van der Waals surface area contributed by atoms with Gasteiger partial charge in [-0.2, -0.15) is 8.42 Å². The number of aromatic nitrogens is 1. The second kappa shape index (κ2) is 9.18. The Morgan fingerprint density at radius 3 is 2.42 bits per heavy atom. The van der Waals surface area contributed by atoms with Crippen LogP contribution in [0, 0.1) is 10.1 Å². The minimum absolute atomic E-state index is 0.0429. The first-order valence-corrected chi connectivity index (χ1v) is 11.7. The fraction of sp³-hybridized carbons (Fsp3) is 0. The molecule has 9 nitrogen and oxygen atoms in total. The summed E-state index contributed by atoms with van der Waals surface area (Å²) in [6.45, 7) is 0. The molecule has 0 atom stereocenters. The van der Waals surface area contributed by atoms with Crippen molar-refractivity contribution in [3.8, 4) is 17.0 Å². The lowest BCUT2D eigenvalue weighted by Gasteiger charge is -2.08. The zero-order chi connectivity index (χ0) is 23.4. The van der Waals surface area contributed by atoms with E-state index in [1.165, 1.54) is 53.8 Å². The Hall–Kier alpha value is -4.09. The summed E-state index contributed by atoms with van der Waals surface area (Å²) in [5.41, 5.74) is 1.57. The number of amides is 1. The molecule has 1 aromatic heterocycles. The SMILES string of the molecule is O=C(Nc1nc(-c2ccccc2)cs1)c1ccc(OS(=O)(=O)c2cccc([N+](=O)[O-])c2)cc1. The van der Waals surface area contributed by atoms with E-state index in [0.717, 1.165) is 17.3 Å². The van der Waals surface area contributed by atoms with E-state index in [2.05, 4.69) is 10.3 Å². The van der Waals surface area contributed by atoms with Gasteiger partial charge in [-0.15, -0.1) is 11.3 Å². The van der Waals surface area contributed by atoms with Crippen molar-refractivity contribution in [2.45, 2.75) is 4.90 Å². The summed E-state index contributed by atoms with van der Waals surface area (Å²) >= 11 is 1.28. The van der Waals surface area contributed by atoms with Gasteiger partial charge < -0.3 is 4.18 Å². The van der Waals surface area contributed by atoms with Crippen LogP contribution in [-0.4, -0.2) is 24.2 Å². The minimum atomic E-state index is -4.29. The molecule has 11 heteroatoms. The molecule has 0 spiro atoms. The Balaban J connectivity index is 1.44. The molecule has 4 rings (SSSR count). The van der Waals surface area contributed by atoms with Crippen molar-refractivity contribution in [1.29, 1.82) is 0 Å². The molecule has 0 radical (unpaired) electrons. The number of non-ortho nitro benzene ring substituents is 1. The summed E-state index contributed by atoms with van der Waals surface area (Å²) in [6, 6.07) is 19.5. The second-order valence-corrected chi connectivity index (χ2v) is 9.08. The Morgan fingerprint density at radius 2 is 1.73 bits per heavy atom. The average Bonchev–Trinajstić information content (AvgIpc) is 3.28. The Morgan fingerprint density at radius 1 is 1.00 bits per heavy atom. The molecule has 166 valence electrons. The molecular formula is C22H15N3O6S2. The number of carbonyl (C=O) groups excluding carboxylic acids is 1. The molecule has 0 bridgehead atoms. The van der Waals surface area contributed by atoms with Gasteiger partial charge >= 0.3 is 10.1 Å². The van der Waals surface area contributed by atoms with Gasteiger partial charge in [0.25, 0.3) is 11.6 Å². The van der Waals surface area contributed by atoms with Crippen LogP contribution in [0.1, 0.15) is 10.4 Å². The molecular weight excluding hydrogens is 466 g/mol. The summed E-state index contributed by atoms with van der Waals surface area (Å²) in [4.78, 5) is 26.7. The second-order valence-electron chi connectivity index (χ2n) is 6.67. The predicted molar refractivity (Wildman–Crippen MR) is 123 cm³/mol. The van der Waals surface area contributed by atoms with Crippen LogP contribution in [-0.2, 0) is 10.1 Å². The van der Waals surface area contributed by atoms with Crippen LogP contribution >= 0.6 is 11.3 Å². The molecule has 4 aromatic rings. The number of nitrogens with one attached hydrogen (secondary N) is 1. The molecule has 0 unspecified atom stereocenters. The summed E-state index contributed by atoms with van der Waals surface area (Å²) in [6.07, 6.45) is 0. The molecule has 3 aromatic carbocycles. The van der Waals surface area contributed by atoms with Crippen molar-refractivity contribution in [1.82, 2.24) is 4.98 Å². The van der Waals surface area contributed by atoms with Gasteiger partial charge in [-0.05, 0) is 30.3 Å². The largest absolute Gasteiger partial charge is 0.379 e. The standard InChI is InChI=1S/C22H15N3O6S2/c26-21(24-22-23-20(14-32-22)15-5-2-1-3-6-15)16-9-11-18(12-10-16)31-33(29,30)19-8-4-7-17(13-19)25(27)28/h1-14H,(H,23,24,26). The maximum atomic E-state index is 12.5. The third-order valence-corrected chi connectivity index (χ3v) is 6.43. The Bertz CT molecular complexity index is 1420. The van der Waals surface area contributed by atoms with E-state index < -0.39 is 20.9 Å².